The Morgan fingerprint density at radius 3 is 2.64 bits per heavy atom. The van der Waals surface area contributed by atoms with Crippen LogP contribution in [0.15, 0.2) is 48.9 Å². The van der Waals surface area contributed by atoms with Crippen LogP contribution < -0.4 is 16.0 Å². The van der Waals surface area contributed by atoms with Gasteiger partial charge in [-0.15, -0.1) is 0 Å². The normalized spacial score (nSPS) is 18.6. The summed E-state index contributed by atoms with van der Waals surface area (Å²) in [5, 5.41) is 7.77. The van der Waals surface area contributed by atoms with Gasteiger partial charge in [0, 0.05) is 25.3 Å². The summed E-state index contributed by atoms with van der Waals surface area (Å²) in [5.74, 6) is -0.410. The fraction of sp³-hybridized carbons (Fsp3) is 0.292. The zero-order chi connectivity index (χ0) is 23.1. The Labute approximate surface area is 190 Å². The van der Waals surface area contributed by atoms with E-state index in [2.05, 4.69) is 32.2 Å². The van der Waals surface area contributed by atoms with Gasteiger partial charge in [0.15, 0.2) is 0 Å². The van der Waals surface area contributed by atoms with Crippen molar-refractivity contribution in [1.82, 2.24) is 19.6 Å². The molecule has 3 N–H and O–H groups in total. The van der Waals surface area contributed by atoms with Crippen molar-refractivity contribution >= 4 is 22.8 Å². The zero-order valence-corrected chi connectivity index (χ0v) is 18.5. The molecule has 0 saturated carbocycles. The minimum Gasteiger partial charge on any atom is -0.368 e. The molecule has 4 aromatic rings. The molecule has 33 heavy (non-hydrogen) atoms. The number of hydrogen-bond donors (Lipinski definition) is 2. The fourth-order valence-electron chi connectivity index (χ4n) is 4.52. The van der Waals surface area contributed by atoms with Gasteiger partial charge in [0.05, 0.1) is 40.5 Å². The number of fused-ring (bicyclic) bond motifs is 1. The Kier molecular flexibility index (Phi) is 5.41. The van der Waals surface area contributed by atoms with Crippen LogP contribution >= 0.6 is 0 Å². The first-order chi connectivity index (χ1) is 15.9. The molecule has 0 amide bonds. The molecular weight excluding hydrogens is 424 g/mol. The molecule has 0 radical (unpaired) electrons. The number of aromatic nitrogens is 4. The van der Waals surface area contributed by atoms with E-state index in [1.165, 1.54) is 16.6 Å². The number of anilines is 3. The highest BCUT2D eigenvalue weighted by Crippen LogP contribution is 2.31. The van der Waals surface area contributed by atoms with Crippen molar-refractivity contribution in [3.63, 3.8) is 0 Å². The minimum absolute atomic E-state index is 0.102. The van der Waals surface area contributed by atoms with E-state index in [0.29, 0.717) is 22.9 Å². The quantitative estimate of drug-likeness (QED) is 0.483. The second-order valence-corrected chi connectivity index (χ2v) is 8.76. The Bertz CT molecular complexity index is 1290. The topological polar surface area (TPSA) is 84.4 Å². The lowest BCUT2D eigenvalue weighted by molar-refractivity contribution is 0.402. The minimum atomic E-state index is -0.654. The van der Waals surface area contributed by atoms with E-state index in [9.17, 15) is 8.78 Å². The van der Waals surface area contributed by atoms with Crippen molar-refractivity contribution in [3.05, 3.63) is 66.1 Å². The van der Waals surface area contributed by atoms with E-state index in [1.54, 1.807) is 37.6 Å². The number of nitrogens with one attached hydrogen (secondary N) is 1. The first-order valence-corrected chi connectivity index (χ1v) is 10.9. The molecule has 1 aromatic carbocycles. The predicted molar refractivity (Wildman–Crippen MR) is 125 cm³/mol. The highest BCUT2D eigenvalue weighted by molar-refractivity contribution is 5.74. The number of benzene rings is 1. The number of rotatable bonds is 4. The zero-order valence-electron chi connectivity index (χ0n) is 18.5. The van der Waals surface area contributed by atoms with Gasteiger partial charge >= 0.3 is 0 Å². The summed E-state index contributed by atoms with van der Waals surface area (Å²) in [6, 6.07) is 7.95. The lowest BCUT2D eigenvalue weighted by atomic mass is 9.96. The number of pyridine rings is 1. The van der Waals surface area contributed by atoms with Gasteiger partial charge in [-0.2, -0.15) is 9.61 Å². The number of halogens is 2. The van der Waals surface area contributed by atoms with Gasteiger partial charge in [-0.05, 0) is 55.2 Å². The molecule has 170 valence electrons. The molecule has 0 aliphatic carbocycles. The second kappa shape index (κ2) is 8.40. The van der Waals surface area contributed by atoms with Crippen LogP contribution in [-0.4, -0.2) is 38.7 Å². The van der Waals surface area contributed by atoms with E-state index < -0.39 is 11.6 Å². The Balaban J connectivity index is 1.52. The number of aryl methyl sites for hydroxylation is 1. The summed E-state index contributed by atoms with van der Waals surface area (Å²) < 4.78 is 30.6. The average molecular weight is 450 g/mol. The van der Waals surface area contributed by atoms with Gasteiger partial charge in [0.25, 0.3) is 0 Å². The molecule has 1 aliphatic heterocycles. The molecule has 1 fully saturated rings. The lowest BCUT2D eigenvalue weighted by Crippen LogP contribution is -2.46. The third-order valence-electron chi connectivity index (χ3n) is 5.90. The third kappa shape index (κ3) is 4.11. The molecular formula is C24H25F2N7. The number of imidazole rings is 1. The van der Waals surface area contributed by atoms with Crippen molar-refractivity contribution in [1.29, 1.82) is 0 Å². The van der Waals surface area contributed by atoms with Crippen LogP contribution in [0.2, 0.25) is 0 Å². The lowest BCUT2D eigenvalue weighted by Gasteiger charge is -2.37. The van der Waals surface area contributed by atoms with Crippen LogP contribution in [0, 0.1) is 24.5 Å². The maximum atomic E-state index is 14.5. The fourth-order valence-corrected chi connectivity index (χ4v) is 4.52. The van der Waals surface area contributed by atoms with Gasteiger partial charge in [0.1, 0.15) is 11.6 Å². The molecule has 5 rings (SSSR count). The number of nitrogens with two attached hydrogens (primary N) is 1. The molecule has 1 aliphatic rings. The number of hydrogen-bond acceptors (Lipinski definition) is 6. The van der Waals surface area contributed by atoms with Crippen LogP contribution in [0.25, 0.3) is 16.8 Å². The van der Waals surface area contributed by atoms with Gasteiger partial charge in [0.2, 0.25) is 5.95 Å². The van der Waals surface area contributed by atoms with Gasteiger partial charge < -0.3 is 16.0 Å². The van der Waals surface area contributed by atoms with E-state index in [1.807, 2.05) is 6.07 Å². The first-order valence-electron chi connectivity index (χ1n) is 10.9. The van der Waals surface area contributed by atoms with Gasteiger partial charge in [-0.3, -0.25) is 4.98 Å². The van der Waals surface area contributed by atoms with Crippen LogP contribution in [0.4, 0.5) is 26.1 Å². The summed E-state index contributed by atoms with van der Waals surface area (Å²) in [4.78, 5) is 10.9. The van der Waals surface area contributed by atoms with Gasteiger partial charge in [-0.1, -0.05) is 6.92 Å². The standard InChI is InChI=1S/C24H25F2N7/c1-14-8-18(25)23(19(26)9-14)20-4-3-17-10-29-24(33(17)31-20)30-21-11-28-6-5-22(21)32-12-15(2)7-16(27)13-32/h3-6,8-11,15-16H,7,12-13,27H2,1-2H3,(H,29,30). The molecule has 0 spiro atoms. The Hall–Kier alpha value is -3.59. The highest BCUT2D eigenvalue weighted by atomic mass is 19.1. The van der Waals surface area contributed by atoms with Crippen molar-refractivity contribution in [3.8, 4) is 11.3 Å². The number of nitrogens with zero attached hydrogens (tertiary/aromatic N) is 5. The van der Waals surface area contributed by atoms with Gasteiger partial charge in [-0.25, -0.2) is 13.8 Å². The summed E-state index contributed by atoms with van der Waals surface area (Å²) >= 11 is 0. The van der Waals surface area contributed by atoms with Crippen LogP contribution in [0.3, 0.4) is 0 Å². The third-order valence-corrected chi connectivity index (χ3v) is 5.90. The Morgan fingerprint density at radius 1 is 1.09 bits per heavy atom. The smallest absolute Gasteiger partial charge is 0.229 e. The number of piperidine rings is 1. The molecule has 3 aromatic heterocycles. The van der Waals surface area contributed by atoms with Crippen LogP contribution in [0.1, 0.15) is 18.9 Å². The van der Waals surface area contributed by atoms with Crippen molar-refractivity contribution in [2.24, 2.45) is 11.7 Å². The summed E-state index contributed by atoms with van der Waals surface area (Å²) in [6.07, 6.45) is 6.11. The molecule has 0 bridgehead atoms. The monoisotopic (exact) mass is 449 g/mol. The molecule has 9 heteroatoms. The van der Waals surface area contributed by atoms with E-state index in [-0.39, 0.29) is 17.3 Å². The summed E-state index contributed by atoms with van der Waals surface area (Å²) in [5.41, 5.74) is 9.19. The second-order valence-electron chi connectivity index (χ2n) is 8.76. The van der Waals surface area contributed by atoms with Crippen molar-refractivity contribution in [2.45, 2.75) is 26.3 Å². The SMILES string of the molecule is Cc1cc(F)c(-c2ccc3cnc(Nc4cnccc4N4CC(C)CC(N)C4)n3n2)c(F)c1. The molecule has 2 atom stereocenters. The maximum Gasteiger partial charge on any atom is 0.229 e. The predicted octanol–water partition coefficient (Wildman–Crippen LogP) is 4.30. The first kappa shape index (κ1) is 21.3. The van der Waals surface area contributed by atoms with E-state index in [0.717, 1.165) is 30.9 Å². The highest BCUT2D eigenvalue weighted by Gasteiger charge is 2.24. The average Bonchev–Trinajstić information content (AvgIpc) is 3.15. The molecule has 4 heterocycles. The van der Waals surface area contributed by atoms with Crippen molar-refractivity contribution in [2.75, 3.05) is 23.3 Å². The van der Waals surface area contributed by atoms with Crippen molar-refractivity contribution < 1.29 is 8.78 Å². The molecule has 1 saturated heterocycles. The molecule has 7 nitrogen and oxygen atoms in total. The van der Waals surface area contributed by atoms with E-state index >= 15 is 0 Å². The van der Waals surface area contributed by atoms with Crippen LogP contribution in [-0.2, 0) is 0 Å². The van der Waals surface area contributed by atoms with Crippen LogP contribution in [0.5, 0.6) is 0 Å². The summed E-state index contributed by atoms with van der Waals surface area (Å²) in [7, 11) is 0. The molecule has 2 unspecified atom stereocenters. The summed E-state index contributed by atoms with van der Waals surface area (Å²) in [6.45, 7) is 5.48. The van der Waals surface area contributed by atoms with E-state index in [4.69, 9.17) is 5.73 Å². The largest absolute Gasteiger partial charge is 0.368 e. The maximum absolute atomic E-state index is 14.5. The Morgan fingerprint density at radius 2 is 1.88 bits per heavy atom.